The van der Waals surface area contributed by atoms with Crippen molar-refractivity contribution in [2.24, 2.45) is 5.92 Å². The lowest BCUT2D eigenvalue weighted by Gasteiger charge is -2.32. The number of likely N-dealkylation sites (tertiary alicyclic amines) is 2. The highest BCUT2D eigenvalue weighted by Gasteiger charge is 2.34. The molecule has 0 spiro atoms. The Labute approximate surface area is 237 Å². The van der Waals surface area contributed by atoms with Crippen LogP contribution in [0.5, 0.6) is 0 Å². The summed E-state index contributed by atoms with van der Waals surface area (Å²) in [6.45, 7) is 2.57. The second-order valence-electron chi connectivity index (χ2n) is 10.4. The number of amides is 2. The molecule has 0 saturated carbocycles. The molecule has 40 heavy (non-hydrogen) atoms. The van der Waals surface area contributed by atoms with Crippen molar-refractivity contribution in [1.29, 1.82) is 0 Å². The average Bonchev–Trinajstić information content (AvgIpc) is 3.64. The number of halogens is 1. The second-order valence-corrected chi connectivity index (χ2v) is 10.8. The number of para-hydroxylation sites is 1. The average molecular weight is 559 g/mol. The maximum Gasteiger partial charge on any atom is 0.410 e. The van der Waals surface area contributed by atoms with Gasteiger partial charge < -0.3 is 24.8 Å². The number of anilines is 1. The molecule has 0 bridgehead atoms. The molecule has 2 aromatic carbocycles. The van der Waals surface area contributed by atoms with E-state index in [0.717, 1.165) is 28.5 Å². The van der Waals surface area contributed by atoms with Crippen LogP contribution in [0.4, 0.5) is 10.7 Å². The minimum Gasteiger partial charge on any atom is -0.445 e. The van der Waals surface area contributed by atoms with Crippen LogP contribution in [0.25, 0.3) is 22.2 Å². The van der Waals surface area contributed by atoms with Gasteiger partial charge in [0.15, 0.2) is 0 Å². The number of piperidine rings is 1. The van der Waals surface area contributed by atoms with E-state index in [4.69, 9.17) is 21.3 Å². The predicted octanol–water partition coefficient (Wildman–Crippen LogP) is 5.34. The summed E-state index contributed by atoms with van der Waals surface area (Å²) >= 11 is 6.48. The topological polar surface area (TPSA) is 103 Å². The first-order valence-electron chi connectivity index (χ1n) is 13.6. The maximum absolute atomic E-state index is 13.3. The van der Waals surface area contributed by atoms with E-state index in [1.54, 1.807) is 11.1 Å². The number of nitrogens with zero attached hydrogens (tertiary/aromatic N) is 4. The summed E-state index contributed by atoms with van der Waals surface area (Å²) in [6, 6.07) is 17.7. The molecule has 2 amide bonds. The number of fused-ring (bicyclic) bond motifs is 1. The van der Waals surface area contributed by atoms with Gasteiger partial charge >= 0.3 is 6.09 Å². The van der Waals surface area contributed by atoms with Crippen LogP contribution in [0.3, 0.4) is 0 Å². The molecule has 0 aliphatic carbocycles. The van der Waals surface area contributed by atoms with Gasteiger partial charge in [0, 0.05) is 60.8 Å². The zero-order chi connectivity index (χ0) is 27.5. The summed E-state index contributed by atoms with van der Waals surface area (Å²) in [6.07, 6.45) is 5.29. The van der Waals surface area contributed by atoms with E-state index in [1.807, 2.05) is 65.7 Å². The monoisotopic (exact) mass is 558 g/mol. The molecule has 10 heteroatoms. The fraction of sp³-hybridized carbons (Fsp3) is 0.333. The lowest BCUT2D eigenvalue weighted by Crippen LogP contribution is -2.44. The molecule has 1 unspecified atom stereocenters. The number of benzene rings is 2. The molecule has 2 fully saturated rings. The number of hydrogen-bond donors (Lipinski definition) is 2. The molecule has 0 radical (unpaired) electrons. The summed E-state index contributed by atoms with van der Waals surface area (Å²) in [5.41, 5.74) is 3.55. The first-order chi connectivity index (χ1) is 19.5. The molecule has 2 aromatic heterocycles. The SMILES string of the molecule is O=C(OCc1ccccc1)N1CCC(C(=O)N2CCC(Nc3ncc(Cl)c(-c4c[nH]c5ccccc45)n3)C2)CC1. The Morgan fingerprint density at radius 1 is 1.00 bits per heavy atom. The van der Waals surface area contributed by atoms with Gasteiger partial charge in [-0.1, -0.05) is 60.1 Å². The van der Waals surface area contributed by atoms with Crippen LogP contribution in [-0.4, -0.2) is 69.0 Å². The predicted molar refractivity (Wildman–Crippen MR) is 154 cm³/mol. The standard InChI is InChI=1S/C30H31ClN6O3/c31-25-17-33-29(35-27(25)24-16-32-26-9-5-4-8-23(24)26)34-22-12-15-37(18-22)28(38)21-10-13-36(14-11-21)30(39)40-19-20-6-2-1-3-7-20/h1-9,16-17,21-22,32H,10-15,18-19H2,(H,33,34,35). The first-order valence-corrected chi connectivity index (χ1v) is 14.0. The minimum atomic E-state index is -0.324. The smallest absolute Gasteiger partial charge is 0.410 e. The molecule has 2 N–H and O–H groups in total. The summed E-state index contributed by atoms with van der Waals surface area (Å²) in [5, 5.41) is 4.93. The lowest BCUT2D eigenvalue weighted by molar-refractivity contribution is -0.135. The largest absolute Gasteiger partial charge is 0.445 e. The number of H-pyrrole nitrogens is 1. The molecular formula is C30H31ClN6O3. The number of aromatic nitrogens is 3. The van der Waals surface area contributed by atoms with E-state index in [9.17, 15) is 9.59 Å². The number of carbonyl (C=O) groups excluding carboxylic acids is 2. The third kappa shape index (κ3) is 5.60. The molecule has 6 rings (SSSR count). The van der Waals surface area contributed by atoms with E-state index in [1.165, 1.54) is 0 Å². The van der Waals surface area contributed by atoms with Crippen LogP contribution in [0.15, 0.2) is 67.0 Å². The van der Waals surface area contributed by atoms with E-state index in [2.05, 4.69) is 15.3 Å². The Hall–Kier alpha value is -4.11. The Kier molecular flexibility index (Phi) is 7.55. The van der Waals surface area contributed by atoms with E-state index in [0.29, 0.717) is 55.7 Å². The summed E-state index contributed by atoms with van der Waals surface area (Å²) < 4.78 is 5.46. The second kappa shape index (κ2) is 11.6. The lowest BCUT2D eigenvalue weighted by atomic mass is 9.95. The van der Waals surface area contributed by atoms with Gasteiger partial charge in [0.2, 0.25) is 11.9 Å². The third-order valence-corrected chi connectivity index (χ3v) is 8.01. The third-order valence-electron chi connectivity index (χ3n) is 7.73. The van der Waals surface area contributed by atoms with Crippen LogP contribution in [-0.2, 0) is 16.1 Å². The highest BCUT2D eigenvalue weighted by molar-refractivity contribution is 6.33. The molecule has 2 saturated heterocycles. The van der Waals surface area contributed by atoms with Crippen LogP contribution in [0, 0.1) is 5.92 Å². The number of nitrogens with one attached hydrogen (secondary N) is 2. The van der Waals surface area contributed by atoms with Crippen LogP contribution in [0.2, 0.25) is 5.02 Å². The highest BCUT2D eigenvalue weighted by Crippen LogP contribution is 2.32. The van der Waals surface area contributed by atoms with Crippen molar-refractivity contribution >= 4 is 40.5 Å². The fourth-order valence-corrected chi connectivity index (χ4v) is 5.72. The van der Waals surface area contributed by atoms with E-state index < -0.39 is 0 Å². The van der Waals surface area contributed by atoms with Crippen molar-refractivity contribution in [3.8, 4) is 11.3 Å². The zero-order valence-electron chi connectivity index (χ0n) is 22.1. The minimum absolute atomic E-state index is 0.0500. The van der Waals surface area contributed by atoms with Gasteiger partial charge in [0.25, 0.3) is 0 Å². The Bertz CT molecular complexity index is 1500. The quantitative estimate of drug-likeness (QED) is 0.331. The van der Waals surface area contributed by atoms with Gasteiger partial charge in [-0.25, -0.2) is 14.8 Å². The van der Waals surface area contributed by atoms with Gasteiger partial charge in [-0.05, 0) is 30.9 Å². The van der Waals surface area contributed by atoms with Gasteiger partial charge in [0.1, 0.15) is 6.61 Å². The van der Waals surface area contributed by atoms with Crippen molar-refractivity contribution in [3.63, 3.8) is 0 Å². The molecule has 4 heterocycles. The van der Waals surface area contributed by atoms with Crippen LogP contribution in [0.1, 0.15) is 24.8 Å². The van der Waals surface area contributed by atoms with Crippen molar-refractivity contribution in [3.05, 3.63) is 77.6 Å². The van der Waals surface area contributed by atoms with E-state index in [-0.39, 0.29) is 30.6 Å². The maximum atomic E-state index is 13.3. The molecule has 9 nitrogen and oxygen atoms in total. The van der Waals surface area contributed by atoms with Crippen molar-refractivity contribution < 1.29 is 14.3 Å². The molecule has 206 valence electrons. The van der Waals surface area contributed by atoms with E-state index >= 15 is 0 Å². The molecule has 2 aliphatic rings. The molecular weight excluding hydrogens is 528 g/mol. The Morgan fingerprint density at radius 3 is 2.58 bits per heavy atom. The number of rotatable bonds is 6. The van der Waals surface area contributed by atoms with Crippen molar-refractivity contribution in [2.75, 3.05) is 31.5 Å². The summed E-state index contributed by atoms with van der Waals surface area (Å²) in [7, 11) is 0. The highest BCUT2D eigenvalue weighted by atomic mass is 35.5. The first kappa shape index (κ1) is 26.1. The van der Waals surface area contributed by atoms with Crippen LogP contribution < -0.4 is 5.32 Å². The van der Waals surface area contributed by atoms with Crippen molar-refractivity contribution in [2.45, 2.75) is 31.9 Å². The number of hydrogen-bond acceptors (Lipinski definition) is 6. The molecule has 1 atom stereocenters. The number of aromatic amines is 1. The number of carbonyl (C=O) groups is 2. The van der Waals surface area contributed by atoms with Gasteiger partial charge in [-0.15, -0.1) is 0 Å². The molecule has 2 aliphatic heterocycles. The normalized spacial score (nSPS) is 17.8. The number of ether oxygens (including phenoxy) is 1. The van der Waals surface area contributed by atoms with Gasteiger partial charge in [-0.3, -0.25) is 4.79 Å². The summed E-state index contributed by atoms with van der Waals surface area (Å²) in [5.74, 6) is 0.557. The van der Waals surface area contributed by atoms with Crippen molar-refractivity contribution in [1.82, 2.24) is 24.8 Å². The van der Waals surface area contributed by atoms with Gasteiger partial charge in [0.05, 0.1) is 16.9 Å². The van der Waals surface area contributed by atoms with Gasteiger partial charge in [-0.2, -0.15) is 0 Å². The Morgan fingerprint density at radius 2 is 1.75 bits per heavy atom. The Balaban J connectivity index is 1.01. The zero-order valence-corrected chi connectivity index (χ0v) is 22.8. The molecule has 4 aromatic rings. The fourth-order valence-electron chi connectivity index (χ4n) is 5.53. The van der Waals surface area contributed by atoms with Crippen LogP contribution >= 0.6 is 11.6 Å². The summed E-state index contributed by atoms with van der Waals surface area (Å²) in [4.78, 5) is 41.8.